The molecule has 1 heterocycles. The molecule has 1 aliphatic carbocycles. The van der Waals surface area contributed by atoms with Crippen LogP contribution in [0.1, 0.15) is 44.9 Å². The number of nitrogens with zero attached hydrogens (tertiary/aromatic N) is 1. The molecule has 0 spiro atoms. The molecule has 0 aromatic carbocycles. The van der Waals surface area contributed by atoms with E-state index in [0.717, 1.165) is 19.1 Å². The molecule has 2 aliphatic rings. The van der Waals surface area contributed by atoms with Gasteiger partial charge in [-0.1, -0.05) is 19.3 Å². The normalized spacial score (nSPS) is 36.7. The maximum Gasteiger partial charge on any atom is 0.0698 e. The minimum atomic E-state index is 0.449. The Morgan fingerprint density at radius 2 is 1.94 bits per heavy atom. The van der Waals surface area contributed by atoms with Crippen LogP contribution in [0.5, 0.6) is 0 Å². The Morgan fingerprint density at radius 1 is 1.12 bits per heavy atom. The Balaban J connectivity index is 1.96. The van der Waals surface area contributed by atoms with E-state index in [0.29, 0.717) is 12.0 Å². The lowest BCUT2D eigenvalue weighted by atomic mass is 9.91. The van der Waals surface area contributed by atoms with E-state index in [1.54, 1.807) is 0 Å². The van der Waals surface area contributed by atoms with Gasteiger partial charge in [0.05, 0.1) is 6.10 Å². The molecule has 3 unspecified atom stereocenters. The van der Waals surface area contributed by atoms with Crippen molar-refractivity contribution in [1.82, 2.24) is 4.90 Å². The van der Waals surface area contributed by atoms with Crippen LogP contribution in [0.3, 0.4) is 0 Å². The van der Waals surface area contributed by atoms with Crippen molar-refractivity contribution in [2.24, 2.45) is 11.7 Å². The minimum Gasteiger partial charge on any atom is -0.380 e. The number of nitrogens with two attached hydrogens (primary N) is 1. The third-order valence-corrected chi connectivity index (χ3v) is 4.63. The van der Waals surface area contributed by atoms with Gasteiger partial charge in [-0.3, -0.25) is 4.90 Å². The van der Waals surface area contributed by atoms with Crippen molar-refractivity contribution in [3.8, 4) is 0 Å². The van der Waals surface area contributed by atoms with E-state index in [4.69, 9.17) is 10.5 Å². The lowest BCUT2D eigenvalue weighted by Gasteiger charge is -2.40. The van der Waals surface area contributed by atoms with Crippen LogP contribution < -0.4 is 5.73 Å². The lowest BCUT2D eigenvalue weighted by Crippen LogP contribution is -2.49. The van der Waals surface area contributed by atoms with Crippen molar-refractivity contribution >= 4 is 0 Å². The molecule has 0 aromatic rings. The number of rotatable bonds is 3. The van der Waals surface area contributed by atoms with Crippen molar-refractivity contribution < 1.29 is 4.74 Å². The Hall–Kier alpha value is -0.120. The predicted molar refractivity (Wildman–Crippen MR) is 71.0 cm³/mol. The van der Waals surface area contributed by atoms with Crippen LogP contribution in [0.25, 0.3) is 0 Å². The molecule has 0 bridgehead atoms. The number of methoxy groups -OCH3 is 1. The van der Waals surface area contributed by atoms with Crippen molar-refractivity contribution in [2.75, 3.05) is 26.7 Å². The molecule has 17 heavy (non-hydrogen) atoms. The second-order valence-corrected chi connectivity index (χ2v) is 5.70. The molecule has 100 valence electrons. The summed E-state index contributed by atoms with van der Waals surface area (Å²) in [4.78, 5) is 2.67. The van der Waals surface area contributed by atoms with Crippen LogP contribution in [0.4, 0.5) is 0 Å². The quantitative estimate of drug-likeness (QED) is 0.767. The van der Waals surface area contributed by atoms with Crippen molar-refractivity contribution in [3.63, 3.8) is 0 Å². The third-order valence-electron chi connectivity index (χ3n) is 4.63. The highest BCUT2D eigenvalue weighted by atomic mass is 16.5. The fourth-order valence-corrected chi connectivity index (χ4v) is 3.58. The first-order valence-corrected chi connectivity index (χ1v) is 7.32. The van der Waals surface area contributed by atoms with Gasteiger partial charge in [-0.05, 0) is 44.7 Å². The van der Waals surface area contributed by atoms with Crippen LogP contribution in [-0.4, -0.2) is 43.8 Å². The topological polar surface area (TPSA) is 38.5 Å². The lowest BCUT2D eigenvalue weighted by molar-refractivity contribution is 0.00187. The summed E-state index contributed by atoms with van der Waals surface area (Å²) in [6.07, 6.45) is 9.79. The maximum atomic E-state index is 5.98. The SMILES string of the molecule is COC1CCCN(C2CCCCCC2CN)C1. The summed E-state index contributed by atoms with van der Waals surface area (Å²) in [5.41, 5.74) is 5.98. The number of ether oxygens (including phenoxy) is 1. The maximum absolute atomic E-state index is 5.98. The molecule has 3 atom stereocenters. The molecule has 2 rings (SSSR count). The van der Waals surface area contributed by atoms with E-state index in [1.807, 2.05) is 7.11 Å². The van der Waals surface area contributed by atoms with Crippen LogP contribution in [-0.2, 0) is 4.74 Å². The number of likely N-dealkylation sites (tertiary alicyclic amines) is 1. The van der Waals surface area contributed by atoms with Gasteiger partial charge in [0.15, 0.2) is 0 Å². The summed E-state index contributed by atoms with van der Waals surface area (Å²) in [5.74, 6) is 0.716. The second-order valence-electron chi connectivity index (χ2n) is 5.70. The Labute approximate surface area is 106 Å². The molecule has 1 aliphatic heterocycles. The molecule has 3 nitrogen and oxygen atoms in total. The highest BCUT2D eigenvalue weighted by Crippen LogP contribution is 2.29. The fourth-order valence-electron chi connectivity index (χ4n) is 3.58. The smallest absolute Gasteiger partial charge is 0.0698 e. The fraction of sp³-hybridized carbons (Fsp3) is 1.00. The van der Waals surface area contributed by atoms with E-state index < -0.39 is 0 Å². The summed E-state index contributed by atoms with van der Waals surface area (Å²) in [5, 5.41) is 0. The van der Waals surface area contributed by atoms with E-state index in [2.05, 4.69) is 4.90 Å². The first kappa shape index (κ1) is 13.3. The average Bonchev–Trinajstić information content (AvgIpc) is 2.63. The summed E-state index contributed by atoms with van der Waals surface area (Å²) in [6, 6.07) is 0.723. The first-order valence-electron chi connectivity index (χ1n) is 7.32. The van der Waals surface area contributed by atoms with Gasteiger partial charge in [0, 0.05) is 19.7 Å². The summed E-state index contributed by atoms with van der Waals surface area (Å²) < 4.78 is 5.54. The molecule has 1 saturated heterocycles. The highest BCUT2D eigenvalue weighted by molar-refractivity contribution is 4.86. The molecular weight excluding hydrogens is 212 g/mol. The average molecular weight is 240 g/mol. The Bertz CT molecular complexity index is 222. The van der Waals surface area contributed by atoms with Gasteiger partial charge < -0.3 is 10.5 Å². The molecule has 0 aromatic heterocycles. The molecule has 0 radical (unpaired) electrons. The number of hydrogen-bond donors (Lipinski definition) is 1. The molecule has 0 amide bonds. The van der Waals surface area contributed by atoms with Gasteiger partial charge in [0.25, 0.3) is 0 Å². The number of piperidine rings is 1. The number of hydrogen-bond acceptors (Lipinski definition) is 3. The zero-order chi connectivity index (χ0) is 12.1. The summed E-state index contributed by atoms with van der Waals surface area (Å²) in [7, 11) is 1.85. The molecule has 2 N–H and O–H groups in total. The van der Waals surface area contributed by atoms with Crippen LogP contribution in [0, 0.1) is 5.92 Å². The Kier molecular flexibility index (Phi) is 5.26. The molecular formula is C14H28N2O. The van der Waals surface area contributed by atoms with Gasteiger partial charge in [-0.2, -0.15) is 0 Å². The van der Waals surface area contributed by atoms with Crippen LogP contribution in [0.2, 0.25) is 0 Å². The van der Waals surface area contributed by atoms with Crippen LogP contribution in [0.15, 0.2) is 0 Å². The minimum absolute atomic E-state index is 0.449. The largest absolute Gasteiger partial charge is 0.380 e. The van der Waals surface area contributed by atoms with Gasteiger partial charge >= 0.3 is 0 Å². The van der Waals surface area contributed by atoms with Crippen molar-refractivity contribution in [1.29, 1.82) is 0 Å². The predicted octanol–water partition coefficient (Wildman–Crippen LogP) is 2.00. The van der Waals surface area contributed by atoms with E-state index >= 15 is 0 Å². The van der Waals surface area contributed by atoms with Gasteiger partial charge in [0.1, 0.15) is 0 Å². The van der Waals surface area contributed by atoms with E-state index in [1.165, 1.54) is 51.5 Å². The monoisotopic (exact) mass is 240 g/mol. The first-order chi connectivity index (χ1) is 8.35. The summed E-state index contributed by atoms with van der Waals surface area (Å²) >= 11 is 0. The van der Waals surface area contributed by atoms with E-state index in [-0.39, 0.29) is 0 Å². The van der Waals surface area contributed by atoms with E-state index in [9.17, 15) is 0 Å². The van der Waals surface area contributed by atoms with Crippen LogP contribution >= 0.6 is 0 Å². The Morgan fingerprint density at radius 3 is 2.71 bits per heavy atom. The van der Waals surface area contributed by atoms with Gasteiger partial charge in [-0.25, -0.2) is 0 Å². The highest BCUT2D eigenvalue weighted by Gasteiger charge is 2.31. The third kappa shape index (κ3) is 3.43. The summed E-state index contributed by atoms with van der Waals surface area (Å²) in [6.45, 7) is 3.23. The van der Waals surface area contributed by atoms with Crippen molar-refractivity contribution in [3.05, 3.63) is 0 Å². The second kappa shape index (κ2) is 6.72. The van der Waals surface area contributed by atoms with Gasteiger partial charge in [-0.15, -0.1) is 0 Å². The van der Waals surface area contributed by atoms with Gasteiger partial charge in [0.2, 0.25) is 0 Å². The van der Waals surface area contributed by atoms with Crippen molar-refractivity contribution in [2.45, 2.75) is 57.1 Å². The molecule has 3 heteroatoms. The zero-order valence-electron chi connectivity index (χ0n) is 11.2. The standard InChI is InChI=1S/C14H28N2O/c1-17-13-7-5-9-16(11-13)14-8-4-2-3-6-12(14)10-15/h12-14H,2-11,15H2,1H3. The molecule has 1 saturated carbocycles. The molecule has 2 fully saturated rings. The zero-order valence-corrected chi connectivity index (χ0v) is 11.2.